The first-order valence-corrected chi connectivity index (χ1v) is 9.88. The van der Waals surface area contributed by atoms with Gasteiger partial charge in [0, 0.05) is 23.4 Å². The third-order valence-electron chi connectivity index (χ3n) is 4.30. The second-order valence-electron chi connectivity index (χ2n) is 6.54. The molecule has 1 amide bonds. The van der Waals surface area contributed by atoms with Crippen LogP contribution in [0.5, 0.6) is 11.5 Å². The number of amides is 1. The lowest BCUT2D eigenvalue weighted by Crippen LogP contribution is -2.28. The number of ether oxygens (including phenoxy) is 2. The van der Waals surface area contributed by atoms with Crippen LogP contribution in [0, 0.1) is 0 Å². The second-order valence-corrected chi connectivity index (χ2v) is 6.94. The van der Waals surface area contributed by atoms with Crippen molar-refractivity contribution in [1.29, 1.82) is 0 Å². The van der Waals surface area contributed by atoms with Crippen molar-refractivity contribution >= 4 is 23.7 Å². The van der Waals surface area contributed by atoms with E-state index in [9.17, 15) is 14.4 Å². The first kappa shape index (κ1) is 22.8. The van der Waals surface area contributed by atoms with Crippen LogP contribution >= 0.6 is 11.6 Å². The molecule has 166 valence electrons. The zero-order valence-electron chi connectivity index (χ0n) is 17.1. The summed E-state index contributed by atoms with van der Waals surface area (Å²) in [5, 5.41) is 10.2. The lowest BCUT2D eigenvalue weighted by molar-refractivity contribution is -0.121. The van der Waals surface area contributed by atoms with Crippen molar-refractivity contribution in [2.45, 2.75) is 19.4 Å². The molecule has 3 rings (SSSR count). The molecule has 2 aromatic carbocycles. The number of aromatic nitrogens is 3. The lowest BCUT2D eigenvalue weighted by atomic mass is 10.2. The number of hydrogen-bond donors (Lipinski definition) is 3. The van der Waals surface area contributed by atoms with E-state index in [2.05, 4.69) is 20.7 Å². The highest BCUT2D eigenvalue weighted by Gasteiger charge is 2.08. The minimum Gasteiger partial charge on any atom is -0.493 e. The molecule has 0 bridgehead atoms. The van der Waals surface area contributed by atoms with Crippen LogP contribution in [0.15, 0.2) is 57.2 Å². The number of rotatable bonds is 9. The maximum Gasteiger partial charge on any atom is 0.342 e. The molecule has 3 N–H and O–H groups in total. The van der Waals surface area contributed by atoms with E-state index in [1.165, 1.54) is 13.3 Å². The van der Waals surface area contributed by atoms with Crippen molar-refractivity contribution in [1.82, 2.24) is 20.6 Å². The van der Waals surface area contributed by atoms with Crippen molar-refractivity contribution in [3.05, 3.63) is 85.1 Å². The van der Waals surface area contributed by atoms with E-state index in [0.717, 1.165) is 5.56 Å². The molecule has 0 aliphatic heterocycles. The molecule has 0 spiro atoms. The van der Waals surface area contributed by atoms with Crippen LogP contribution < -0.4 is 26.1 Å². The topological polar surface area (TPSA) is 139 Å². The van der Waals surface area contributed by atoms with Crippen LogP contribution in [-0.4, -0.2) is 34.4 Å². The van der Waals surface area contributed by atoms with E-state index in [0.29, 0.717) is 22.1 Å². The highest BCUT2D eigenvalue weighted by atomic mass is 35.5. The average Bonchev–Trinajstić information content (AvgIpc) is 2.78. The Labute approximate surface area is 187 Å². The number of hydrazone groups is 1. The Morgan fingerprint density at radius 1 is 1.22 bits per heavy atom. The van der Waals surface area contributed by atoms with Gasteiger partial charge in [-0.1, -0.05) is 29.8 Å². The normalized spacial score (nSPS) is 10.8. The number of hydrogen-bond acceptors (Lipinski definition) is 7. The van der Waals surface area contributed by atoms with Gasteiger partial charge in [0.25, 0.3) is 5.56 Å². The van der Waals surface area contributed by atoms with Crippen LogP contribution in [0.4, 0.5) is 0 Å². The van der Waals surface area contributed by atoms with Gasteiger partial charge >= 0.3 is 5.69 Å². The van der Waals surface area contributed by atoms with Gasteiger partial charge in [-0.2, -0.15) is 10.2 Å². The minimum absolute atomic E-state index is 0.0302. The molecule has 0 saturated carbocycles. The molecule has 0 atom stereocenters. The number of H-pyrrole nitrogens is 2. The summed E-state index contributed by atoms with van der Waals surface area (Å²) in [6.07, 6.45) is 1.47. The number of benzene rings is 2. The quantitative estimate of drug-likeness (QED) is 0.330. The fourth-order valence-electron chi connectivity index (χ4n) is 2.66. The standard InChI is InChI=1S/C21H20ClN5O5/c1-31-18-10-13(6-8-17(18)32-12-14-4-2-3-5-15(14)22)11-23-26-19(28)9-7-16-20(29)24-21(30)27-25-16/h2-6,8,10-11H,7,9,12H2,1H3,(H,26,28)(H2,24,27,29,30)/b23-11+. The smallest absolute Gasteiger partial charge is 0.342 e. The molecular formula is C21H20ClN5O5. The summed E-state index contributed by atoms with van der Waals surface area (Å²) in [7, 11) is 1.52. The number of aryl methyl sites for hydroxylation is 1. The SMILES string of the molecule is COc1cc(/C=N/NC(=O)CCc2n[nH]c(=O)[nH]c2=O)ccc1OCc1ccccc1Cl. The van der Waals surface area contributed by atoms with Gasteiger partial charge in [0.15, 0.2) is 11.5 Å². The van der Waals surface area contributed by atoms with Gasteiger partial charge in [0.2, 0.25) is 5.91 Å². The second kappa shape index (κ2) is 10.9. The van der Waals surface area contributed by atoms with Crippen LogP contribution in [0.25, 0.3) is 0 Å². The fourth-order valence-corrected chi connectivity index (χ4v) is 2.85. The molecule has 11 heteroatoms. The number of carbonyl (C=O) groups excluding carboxylic acids is 1. The van der Waals surface area contributed by atoms with E-state index >= 15 is 0 Å². The Bertz CT molecular complexity index is 1240. The van der Waals surface area contributed by atoms with Crippen molar-refractivity contribution in [3.63, 3.8) is 0 Å². The highest BCUT2D eigenvalue weighted by molar-refractivity contribution is 6.31. The molecule has 0 saturated heterocycles. The van der Waals surface area contributed by atoms with Gasteiger partial charge in [-0.25, -0.2) is 15.3 Å². The summed E-state index contributed by atoms with van der Waals surface area (Å²) in [5.41, 5.74) is 2.61. The predicted octanol–water partition coefficient (Wildman–Crippen LogP) is 1.78. The minimum atomic E-state index is -0.705. The maximum absolute atomic E-state index is 11.9. The molecule has 32 heavy (non-hydrogen) atoms. The Morgan fingerprint density at radius 2 is 2.03 bits per heavy atom. The number of nitrogens with one attached hydrogen (secondary N) is 3. The van der Waals surface area contributed by atoms with Gasteiger partial charge in [-0.15, -0.1) is 0 Å². The number of aromatic amines is 2. The molecule has 10 nitrogen and oxygen atoms in total. The molecule has 0 unspecified atom stereocenters. The summed E-state index contributed by atoms with van der Waals surface area (Å²) in [6.45, 7) is 0.284. The Hall–Kier alpha value is -3.92. The first-order valence-electron chi connectivity index (χ1n) is 9.50. The van der Waals surface area contributed by atoms with Crippen molar-refractivity contribution in [2.24, 2.45) is 5.10 Å². The first-order chi connectivity index (χ1) is 15.5. The fraction of sp³-hybridized carbons (Fsp3) is 0.190. The molecule has 3 aromatic rings. The summed E-state index contributed by atoms with van der Waals surface area (Å²) in [6, 6.07) is 12.6. The highest BCUT2D eigenvalue weighted by Crippen LogP contribution is 2.29. The van der Waals surface area contributed by atoms with Gasteiger partial charge in [0.05, 0.1) is 13.3 Å². The Morgan fingerprint density at radius 3 is 2.78 bits per heavy atom. The molecule has 1 aromatic heterocycles. The van der Waals surface area contributed by atoms with E-state index in [1.807, 2.05) is 23.2 Å². The molecule has 0 radical (unpaired) electrons. The molecule has 0 aliphatic rings. The Balaban J connectivity index is 1.54. The zero-order chi connectivity index (χ0) is 22.9. The van der Waals surface area contributed by atoms with E-state index < -0.39 is 17.2 Å². The number of carbonyl (C=O) groups is 1. The largest absolute Gasteiger partial charge is 0.493 e. The van der Waals surface area contributed by atoms with Crippen LogP contribution in [0.3, 0.4) is 0 Å². The van der Waals surface area contributed by atoms with Crippen LogP contribution in [-0.2, 0) is 17.8 Å². The summed E-state index contributed by atoms with van der Waals surface area (Å²) >= 11 is 6.15. The summed E-state index contributed by atoms with van der Waals surface area (Å²) in [4.78, 5) is 36.5. The maximum atomic E-state index is 11.9. The number of nitrogens with zero attached hydrogens (tertiary/aromatic N) is 2. The van der Waals surface area contributed by atoms with Crippen LogP contribution in [0.1, 0.15) is 23.2 Å². The molecule has 0 fully saturated rings. The number of methoxy groups -OCH3 is 1. The molecule has 0 aliphatic carbocycles. The van der Waals surface area contributed by atoms with Crippen molar-refractivity contribution in [3.8, 4) is 11.5 Å². The third kappa shape index (κ3) is 6.29. The lowest BCUT2D eigenvalue weighted by Gasteiger charge is -2.12. The van der Waals surface area contributed by atoms with Gasteiger partial charge in [0.1, 0.15) is 12.3 Å². The van der Waals surface area contributed by atoms with Crippen LogP contribution in [0.2, 0.25) is 5.02 Å². The third-order valence-corrected chi connectivity index (χ3v) is 4.67. The summed E-state index contributed by atoms with van der Waals surface area (Å²) < 4.78 is 11.2. The predicted molar refractivity (Wildman–Crippen MR) is 118 cm³/mol. The van der Waals surface area contributed by atoms with E-state index in [-0.39, 0.29) is 25.1 Å². The van der Waals surface area contributed by atoms with Gasteiger partial charge in [-0.3, -0.25) is 14.6 Å². The van der Waals surface area contributed by atoms with Crippen molar-refractivity contribution < 1.29 is 14.3 Å². The van der Waals surface area contributed by atoms with Gasteiger partial charge in [-0.05, 0) is 29.8 Å². The van der Waals surface area contributed by atoms with E-state index in [1.54, 1.807) is 24.3 Å². The Kier molecular flexibility index (Phi) is 7.76. The summed E-state index contributed by atoms with van der Waals surface area (Å²) in [5.74, 6) is 0.614. The average molecular weight is 458 g/mol. The molecular weight excluding hydrogens is 438 g/mol. The van der Waals surface area contributed by atoms with Gasteiger partial charge < -0.3 is 9.47 Å². The number of halogens is 1. The zero-order valence-corrected chi connectivity index (χ0v) is 17.8. The monoisotopic (exact) mass is 457 g/mol. The molecule has 1 heterocycles. The van der Waals surface area contributed by atoms with E-state index in [4.69, 9.17) is 21.1 Å². The van der Waals surface area contributed by atoms with Crippen molar-refractivity contribution in [2.75, 3.05) is 7.11 Å².